The van der Waals surface area contributed by atoms with E-state index in [1.54, 1.807) is 0 Å². The first-order chi connectivity index (χ1) is 7.45. The van der Waals surface area contributed by atoms with Gasteiger partial charge in [-0.2, -0.15) is 0 Å². The molecule has 1 aromatic heterocycles. The number of para-hydroxylation sites is 1. The maximum absolute atomic E-state index is 5.53. The molecular weight excluding hydrogens is 186 g/mol. The first kappa shape index (κ1) is 8.74. The highest BCUT2D eigenvalue weighted by Gasteiger charge is 2.11. The predicted molar refractivity (Wildman–Crippen MR) is 61.7 cm³/mol. The van der Waals surface area contributed by atoms with E-state index in [-0.39, 0.29) is 0 Å². The van der Waals surface area contributed by atoms with Crippen LogP contribution in [0.25, 0.3) is 16.5 Å². The molecule has 0 bridgehead atoms. The standard InChI is InChI=1S/C13H13NO/c1-2-6-13-11(5-1)12(9-15-13)10-4-3-7-14-8-10/h1-2,4-6,9,14H,3,7-8H2. The Labute approximate surface area is 88.6 Å². The van der Waals surface area contributed by atoms with Gasteiger partial charge in [0.15, 0.2) is 0 Å². The minimum absolute atomic E-state index is 0.948. The monoisotopic (exact) mass is 199 g/mol. The van der Waals surface area contributed by atoms with E-state index in [9.17, 15) is 0 Å². The van der Waals surface area contributed by atoms with Crippen molar-refractivity contribution in [2.75, 3.05) is 13.1 Å². The molecule has 0 aliphatic carbocycles. The molecule has 0 spiro atoms. The Morgan fingerprint density at radius 1 is 1.20 bits per heavy atom. The molecule has 0 saturated carbocycles. The Bertz CT molecular complexity index is 510. The van der Waals surface area contributed by atoms with Crippen LogP contribution in [0.15, 0.2) is 41.0 Å². The normalized spacial score (nSPS) is 16.7. The Morgan fingerprint density at radius 2 is 2.13 bits per heavy atom. The molecule has 1 aliphatic heterocycles. The summed E-state index contributed by atoms with van der Waals surface area (Å²) in [7, 11) is 0. The van der Waals surface area contributed by atoms with Crippen LogP contribution in [0.5, 0.6) is 0 Å². The van der Waals surface area contributed by atoms with E-state index in [0.29, 0.717) is 0 Å². The van der Waals surface area contributed by atoms with Crippen LogP contribution in [0, 0.1) is 0 Å². The Balaban J connectivity index is 2.14. The number of hydrogen-bond donors (Lipinski definition) is 1. The fraction of sp³-hybridized carbons (Fsp3) is 0.231. The van der Waals surface area contributed by atoms with E-state index in [1.165, 1.54) is 16.5 Å². The summed E-state index contributed by atoms with van der Waals surface area (Å²) in [6.07, 6.45) is 5.27. The number of nitrogens with one attached hydrogen (secondary N) is 1. The van der Waals surface area contributed by atoms with E-state index in [4.69, 9.17) is 4.42 Å². The SMILES string of the molecule is C1=C(c2coc3ccccc23)CNCC1. The smallest absolute Gasteiger partial charge is 0.134 e. The summed E-state index contributed by atoms with van der Waals surface area (Å²) >= 11 is 0. The molecule has 1 aliphatic rings. The average molecular weight is 199 g/mol. The molecular formula is C13H13NO. The van der Waals surface area contributed by atoms with Crippen LogP contribution in [0.3, 0.4) is 0 Å². The molecule has 0 atom stereocenters. The van der Waals surface area contributed by atoms with Gasteiger partial charge in [0.05, 0.1) is 6.26 Å². The summed E-state index contributed by atoms with van der Waals surface area (Å²) < 4.78 is 5.53. The van der Waals surface area contributed by atoms with Crippen molar-refractivity contribution in [1.29, 1.82) is 0 Å². The Kier molecular flexibility index (Phi) is 2.07. The van der Waals surface area contributed by atoms with Crippen molar-refractivity contribution in [2.24, 2.45) is 0 Å². The summed E-state index contributed by atoms with van der Waals surface area (Å²) in [5.74, 6) is 0. The van der Waals surface area contributed by atoms with E-state index in [2.05, 4.69) is 23.5 Å². The zero-order valence-electron chi connectivity index (χ0n) is 8.49. The van der Waals surface area contributed by atoms with Crippen molar-refractivity contribution in [3.63, 3.8) is 0 Å². The van der Waals surface area contributed by atoms with Crippen LogP contribution < -0.4 is 5.32 Å². The first-order valence-corrected chi connectivity index (χ1v) is 5.31. The quantitative estimate of drug-likeness (QED) is 0.764. The Morgan fingerprint density at radius 3 is 3.00 bits per heavy atom. The molecule has 0 unspecified atom stereocenters. The van der Waals surface area contributed by atoms with E-state index in [0.717, 1.165) is 25.1 Å². The molecule has 0 radical (unpaired) electrons. The number of fused-ring (bicyclic) bond motifs is 1. The molecule has 2 aromatic rings. The molecule has 2 nitrogen and oxygen atoms in total. The van der Waals surface area contributed by atoms with Crippen molar-refractivity contribution in [1.82, 2.24) is 5.32 Å². The number of benzene rings is 1. The molecule has 76 valence electrons. The van der Waals surface area contributed by atoms with Gasteiger partial charge in [0.25, 0.3) is 0 Å². The third kappa shape index (κ3) is 1.47. The molecule has 0 saturated heterocycles. The maximum Gasteiger partial charge on any atom is 0.134 e. The third-order valence-corrected chi connectivity index (χ3v) is 2.85. The summed E-state index contributed by atoms with van der Waals surface area (Å²) in [5, 5.41) is 4.59. The van der Waals surface area contributed by atoms with Gasteiger partial charge >= 0.3 is 0 Å². The highest BCUT2D eigenvalue weighted by Crippen LogP contribution is 2.27. The van der Waals surface area contributed by atoms with Crippen LogP contribution in [-0.4, -0.2) is 13.1 Å². The third-order valence-electron chi connectivity index (χ3n) is 2.85. The van der Waals surface area contributed by atoms with Crippen molar-refractivity contribution >= 4 is 16.5 Å². The van der Waals surface area contributed by atoms with Gasteiger partial charge in [0.2, 0.25) is 0 Å². The molecule has 2 heteroatoms. The van der Waals surface area contributed by atoms with E-state index in [1.807, 2.05) is 18.4 Å². The Hall–Kier alpha value is -1.54. The van der Waals surface area contributed by atoms with E-state index < -0.39 is 0 Å². The first-order valence-electron chi connectivity index (χ1n) is 5.31. The minimum Gasteiger partial charge on any atom is -0.464 e. The van der Waals surface area contributed by atoms with Gasteiger partial charge in [0, 0.05) is 17.5 Å². The molecule has 0 amide bonds. The van der Waals surface area contributed by atoms with Gasteiger partial charge < -0.3 is 9.73 Å². The van der Waals surface area contributed by atoms with Gasteiger partial charge in [-0.1, -0.05) is 24.3 Å². The van der Waals surface area contributed by atoms with Crippen LogP contribution >= 0.6 is 0 Å². The van der Waals surface area contributed by atoms with Crippen LogP contribution in [0.1, 0.15) is 12.0 Å². The molecule has 2 heterocycles. The van der Waals surface area contributed by atoms with Gasteiger partial charge in [0.1, 0.15) is 5.58 Å². The lowest BCUT2D eigenvalue weighted by molar-refractivity contribution is 0.614. The molecule has 1 aromatic carbocycles. The molecule has 15 heavy (non-hydrogen) atoms. The van der Waals surface area contributed by atoms with Crippen LogP contribution in [0.2, 0.25) is 0 Å². The minimum atomic E-state index is 0.948. The predicted octanol–water partition coefficient (Wildman–Crippen LogP) is 2.81. The zero-order chi connectivity index (χ0) is 10.1. The molecule has 0 fully saturated rings. The summed E-state index contributed by atoms with van der Waals surface area (Å²) in [5.41, 5.74) is 3.56. The van der Waals surface area contributed by atoms with Crippen molar-refractivity contribution < 1.29 is 4.42 Å². The summed E-state index contributed by atoms with van der Waals surface area (Å²) in [4.78, 5) is 0. The van der Waals surface area contributed by atoms with Gasteiger partial charge in [-0.3, -0.25) is 0 Å². The lowest BCUT2D eigenvalue weighted by Gasteiger charge is -2.12. The molecule has 3 rings (SSSR count). The second-order valence-electron chi connectivity index (χ2n) is 3.84. The van der Waals surface area contributed by atoms with Crippen LogP contribution in [-0.2, 0) is 0 Å². The topological polar surface area (TPSA) is 25.2 Å². The van der Waals surface area contributed by atoms with E-state index >= 15 is 0 Å². The zero-order valence-corrected chi connectivity index (χ0v) is 8.49. The van der Waals surface area contributed by atoms with Crippen molar-refractivity contribution in [2.45, 2.75) is 6.42 Å². The second kappa shape index (κ2) is 3.55. The highest BCUT2D eigenvalue weighted by atomic mass is 16.3. The maximum atomic E-state index is 5.53. The second-order valence-corrected chi connectivity index (χ2v) is 3.84. The summed E-state index contributed by atoms with van der Waals surface area (Å²) in [6, 6.07) is 8.18. The average Bonchev–Trinajstić information content (AvgIpc) is 2.74. The number of rotatable bonds is 1. The largest absolute Gasteiger partial charge is 0.464 e. The van der Waals surface area contributed by atoms with Gasteiger partial charge in [-0.25, -0.2) is 0 Å². The van der Waals surface area contributed by atoms with Gasteiger partial charge in [-0.15, -0.1) is 0 Å². The molecule has 1 N–H and O–H groups in total. The van der Waals surface area contributed by atoms with Crippen molar-refractivity contribution in [3.8, 4) is 0 Å². The fourth-order valence-corrected chi connectivity index (χ4v) is 2.08. The fourth-order valence-electron chi connectivity index (χ4n) is 2.08. The number of furan rings is 1. The lowest BCUT2D eigenvalue weighted by Crippen LogP contribution is -2.21. The summed E-state index contributed by atoms with van der Waals surface area (Å²) in [6.45, 7) is 2.03. The van der Waals surface area contributed by atoms with Gasteiger partial charge in [-0.05, 0) is 24.6 Å². The highest BCUT2D eigenvalue weighted by molar-refractivity contribution is 5.91. The number of hydrogen-bond acceptors (Lipinski definition) is 2. The van der Waals surface area contributed by atoms with Crippen LogP contribution in [0.4, 0.5) is 0 Å². The van der Waals surface area contributed by atoms with Crippen molar-refractivity contribution in [3.05, 3.63) is 42.2 Å². The lowest BCUT2D eigenvalue weighted by atomic mass is 10.0.